The summed E-state index contributed by atoms with van der Waals surface area (Å²) in [6.07, 6.45) is -0.350. The molecule has 0 aromatic heterocycles. The van der Waals surface area contributed by atoms with Crippen molar-refractivity contribution in [2.24, 2.45) is 5.73 Å². The highest BCUT2D eigenvalue weighted by Gasteiger charge is 2.25. The van der Waals surface area contributed by atoms with E-state index in [-0.39, 0.29) is 6.42 Å². The van der Waals surface area contributed by atoms with E-state index in [1.807, 2.05) is 30.3 Å². The normalized spacial score (nSPS) is 13.4. The highest BCUT2D eigenvalue weighted by atomic mass is 16.6. The summed E-state index contributed by atoms with van der Waals surface area (Å²) in [7, 11) is 0. The highest BCUT2D eigenvalue weighted by Crippen LogP contribution is 2.09. The molecule has 4 N–H and O–H groups in total. The second-order valence-corrected chi connectivity index (χ2v) is 6.97. The molecule has 1 rings (SSSR count). The maximum absolute atomic E-state index is 12.5. The number of hydrogen-bond donors (Lipinski definition) is 3. The van der Waals surface area contributed by atoms with Crippen molar-refractivity contribution in [2.45, 2.75) is 58.2 Å². The van der Waals surface area contributed by atoms with Gasteiger partial charge in [0, 0.05) is 18.9 Å². The molecule has 0 saturated carbocycles. The Morgan fingerprint density at radius 1 is 1.12 bits per heavy atom. The molecule has 7 heteroatoms. The topological polar surface area (TPSA) is 111 Å². The predicted molar refractivity (Wildman–Crippen MR) is 94.7 cm³/mol. The van der Waals surface area contributed by atoms with Gasteiger partial charge in [-0.15, -0.1) is 0 Å². The van der Waals surface area contributed by atoms with Crippen molar-refractivity contribution in [1.82, 2.24) is 10.6 Å². The number of carbonyl (C=O) groups excluding carboxylic acids is 3. The molecular formula is C18H27N3O4. The minimum absolute atomic E-state index is 0.0240. The monoisotopic (exact) mass is 349 g/mol. The number of ether oxygens (including phenoxy) is 1. The van der Waals surface area contributed by atoms with E-state index in [2.05, 4.69) is 10.6 Å². The maximum Gasteiger partial charge on any atom is 0.408 e. The van der Waals surface area contributed by atoms with E-state index in [4.69, 9.17) is 10.5 Å². The molecule has 1 aromatic carbocycles. The van der Waals surface area contributed by atoms with E-state index in [9.17, 15) is 14.4 Å². The minimum Gasteiger partial charge on any atom is -0.444 e. The first kappa shape index (κ1) is 20.5. The van der Waals surface area contributed by atoms with Gasteiger partial charge in [0.05, 0.1) is 0 Å². The molecule has 3 amide bonds. The summed E-state index contributed by atoms with van der Waals surface area (Å²) in [5.74, 6) is -0.907. The zero-order valence-corrected chi connectivity index (χ0v) is 15.2. The van der Waals surface area contributed by atoms with Gasteiger partial charge >= 0.3 is 6.09 Å². The first-order valence-corrected chi connectivity index (χ1v) is 8.19. The quantitative estimate of drug-likeness (QED) is 0.693. The van der Waals surface area contributed by atoms with Gasteiger partial charge in [-0.3, -0.25) is 9.59 Å². The van der Waals surface area contributed by atoms with Crippen LogP contribution in [0.25, 0.3) is 0 Å². The van der Waals surface area contributed by atoms with Crippen LogP contribution in [0.2, 0.25) is 0 Å². The average Bonchev–Trinajstić information content (AvgIpc) is 2.44. The average molecular weight is 349 g/mol. The number of primary amides is 1. The molecule has 0 fully saturated rings. The van der Waals surface area contributed by atoms with Crippen LogP contribution in [-0.2, 0) is 20.7 Å². The number of carbonyl (C=O) groups is 3. The predicted octanol–water partition coefficient (Wildman–Crippen LogP) is 1.50. The van der Waals surface area contributed by atoms with E-state index in [1.54, 1.807) is 27.7 Å². The van der Waals surface area contributed by atoms with Crippen molar-refractivity contribution >= 4 is 17.9 Å². The van der Waals surface area contributed by atoms with E-state index in [0.29, 0.717) is 6.42 Å². The smallest absolute Gasteiger partial charge is 0.408 e. The van der Waals surface area contributed by atoms with Crippen LogP contribution in [0.5, 0.6) is 0 Å². The number of rotatable bonds is 7. The third-order valence-corrected chi connectivity index (χ3v) is 3.19. The summed E-state index contributed by atoms with van der Waals surface area (Å²) in [6.45, 7) is 6.91. The summed E-state index contributed by atoms with van der Waals surface area (Å²) in [5.41, 5.74) is 5.36. The van der Waals surface area contributed by atoms with E-state index < -0.39 is 35.6 Å². The SMILES string of the molecule is C[C@H](CC(N)=O)NC(=O)[C@H](Cc1ccccc1)NC(=O)OC(C)(C)C. The van der Waals surface area contributed by atoms with Crippen LogP contribution in [-0.4, -0.2) is 35.6 Å². The zero-order valence-electron chi connectivity index (χ0n) is 15.2. The van der Waals surface area contributed by atoms with Crippen molar-refractivity contribution < 1.29 is 19.1 Å². The van der Waals surface area contributed by atoms with Gasteiger partial charge in [0.1, 0.15) is 11.6 Å². The molecule has 0 unspecified atom stereocenters. The second kappa shape index (κ2) is 9.05. The Morgan fingerprint density at radius 2 is 1.72 bits per heavy atom. The Hall–Kier alpha value is -2.57. The molecule has 2 atom stereocenters. The fraction of sp³-hybridized carbons (Fsp3) is 0.500. The Morgan fingerprint density at radius 3 is 2.24 bits per heavy atom. The Balaban J connectivity index is 2.81. The summed E-state index contributed by atoms with van der Waals surface area (Å²) in [6, 6.07) is 8.06. The third kappa shape index (κ3) is 8.74. The number of amides is 3. The number of alkyl carbamates (subject to hydrolysis) is 1. The van der Waals surface area contributed by atoms with Gasteiger partial charge in [-0.25, -0.2) is 4.79 Å². The molecule has 0 saturated heterocycles. The van der Waals surface area contributed by atoms with Crippen molar-refractivity contribution in [3.8, 4) is 0 Å². The lowest BCUT2D eigenvalue weighted by atomic mass is 10.0. The van der Waals surface area contributed by atoms with Gasteiger partial charge < -0.3 is 21.1 Å². The van der Waals surface area contributed by atoms with Crippen molar-refractivity contribution in [2.75, 3.05) is 0 Å². The molecule has 7 nitrogen and oxygen atoms in total. The number of hydrogen-bond acceptors (Lipinski definition) is 4. The van der Waals surface area contributed by atoms with Crippen LogP contribution in [0.15, 0.2) is 30.3 Å². The second-order valence-electron chi connectivity index (χ2n) is 6.97. The molecule has 1 aromatic rings. The van der Waals surface area contributed by atoms with Gasteiger partial charge in [0.25, 0.3) is 0 Å². The van der Waals surface area contributed by atoms with Crippen LogP contribution in [0.3, 0.4) is 0 Å². The van der Waals surface area contributed by atoms with Gasteiger partial charge in [-0.2, -0.15) is 0 Å². The van der Waals surface area contributed by atoms with E-state index >= 15 is 0 Å². The van der Waals surface area contributed by atoms with Crippen LogP contribution in [0.4, 0.5) is 4.79 Å². The van der Waals surface area contributed by atoms with Gasteiger partial charge in [-0.1, -0.05) is 30.3 Å². The summed E-state index contributed by atoms with van der Waals surface area (Å²) in [5, 5.41) is 5.28. The van der Waals surface area contributed by atoms with Crippen LogP contribution in [0, 0.1) is 0 Å². The Kier molecular flexibility index (Phi) is 7.42. The largest absolute Gasteiger partial charge is 0.444 e. The van der Waals surface area contributed by atoms with Gasteiger partial charge in [0.2, 0.25) is 11.8 Å². The highest BCUT2D eigenvalue weighted by molar-refractivity contribution is 5.86. The van der Waals surface area contributed by atoms with Gasteiger partial charge in [-0.05, 0) is 33.3 Å². The Bertz CT molecular complexity index is 596. The first-order chi connectivity index (χ1) is 11.6. The number of nitrogens with two attached hydrogens (primary N) is 1. The first-order valence-electron chi connectivity index (χ1n) is 8.19. The molecule has 0 aliphatic rings. The lowest BCUT2D eigenvalue weighted by molar-refractivity contribution is -0.124. The van der Waals surface area contributed by atoms with Crippen molar-refractivity contribution in [3.05, 3.63) is 35.9 Å². The Labute approximate surface area is 148 Å². The standard InChI is InChI=1S/C18H27N3O4/c1-12(10-15(19)22)20-16(23)14(11-13-8-6-5-7-9-13)21-17(24)25-18(2,3)4/h5-9,12,14H,10-11H2,1-4H3,(H2,19,22)(H,20,23)(H,21,24)/t12-,14+/m1/s1. The summed E-state index contributed by atoms with van der Waals surface area (Å²) in [4.78, 5) is 35.5. The van der Waals surface area contributed by atoms with Crippen molar-refractivity contribution in [3.63, 3.8) is 0 Å². The number of nitrogens with one attached hydrogen (secondary N) is 2. The molecule has 138 valence electrons. The molecule has 25 heavy (non-hydrogen) atoms. The molecule has 0 aliphatic carbocycles. The fourth-order valence-corrected chi connectivity index (χ4v) is 2.21. The van der Waals surface area contributed by atoms with Crippen LogP contribution in [0.1, 0.15) is 39.7 Å². The molecule has 0 radical (unpaired) electrons. The molecule has 0 bridgehead atoms. The van der Waals surface area contributed by atoms with Gasteiger partial charge in [0.15, 0.2) is 0 Å². The maximum atomic E-state index is 12.5. The van der Waals surface area contributed by atoms with Crippen molar-refractivity contribution in [1.29, 1.82) is 0 Å². The molecule has 0 spiro atoms. The molecular weight excluding hydrogens is 322 g/mol. The zero-order chi connectivity index (χ0) is 19.0. The number of benzene rings is 1. The van der Waals surface area contributed by atoms with E-state index in [1.165, 1.54) is 0 Å². The van der Waals surface area contributed by atoms with Crippen LogP contribution >= 0.6 is 0 Å². The summed E-state index contributed by atoms with van der Waals surface area (Å²) < 4.78 is 5.22. The third-order valence-electron chi connectivity index (χ3n) is 3.19. The lowest BCUT2D eigenvalue weighted by Gasteiger charge is -2.24. The molecule has 0 aliphatic heterocycles. The fourth-order valence-electron chi connectivity index (χ4n) is 2.21. The lowest BCUT2D eigenvalue weighted by Crippen LogP contribution is -2.51. The van der Waals surface area contributed by atoms with E-state index in [0.717, 1.165) is 5.56 Å². The van der Waals surface area contributed by atoms with Crippen LogP contribution < -0.4 is 16.4 Å². The summed E-state index contributed by atoms with van der Waals surface area (Å²) >= 11 is 0. The molecule has 0 heterocycles. The minimum atomic E-state index is -0.826.